The van der Waals surface area contributed by atoms with Gasteiger partial charge in [-0.05, 0) is 101 Å². The van der Waals surface area contributed by atoms with E-state index in [0.717, 1.165) is 0 Å². The zero-order valence-electron chi connectivity index (χ0n) is 27.0. The lowest BCUT2D eigenvalue weighted by Crippen LogP contribution is -2.63. The first-order valence-corrected chi connectivity index (χ1v) is 16.5. The summed E-state index contributed by atoms with van der Waals surface area (Å²) in [6.07, 6.45) is -6.04. The van der Waals surface area contributed by atoms with Gasteiger partial charge in [0, 0.05) is 11.3 Å². The normalized spacial score (nSPS) is 48.9. The Morgan fingerprint density at radius 2 is 1.67 bits per heavy atom. The van der Waals surface area contributed by atoms with Crippen molar-refractivity contribution < 1.29 is 60.2 Å². The summed E-state index contributed by atoms with van der Waals surface area (Å²) in [5.74, 6) is -1.26. The van der Waals surface area contributed by atoms with Gasteiger partial charge in [0.25, 0.3) is 0 Å². The Morgan fingerprint density at radius 3 is 2.31 bits per heavy atom. The fourth-order valence-corrected chi connectivity index (χ4v) is 9.85. The molecular weight excluding hydrogens is 588 g/mol. The Kier molecular flexibility index (Phi) is 9.28. The Balaban J connectivity index is 1.30. The van der Waals surface area contributed by atoms with Crippen molar-refractivity contribution in [1.29, 1.82) is 0 Å². The highest BCUT2D eigenvalue weighted by molar-refractivity contribution is 5.95. The van der Waals surface area contributed by atoms with E-state index in [0.29, 0.717) is 31.3 Å². The standard InChI is InChI=1S/C33H54O12/c1-29(2,45-28-27(41)26(40)25(39)22(15-34)44-28)9-8-24(38)32(5,42)23-7-11-33(43)17-12-19(35)18-13-20(36)21(37)14-30(18,3)16(17)6-10-31(23,33)4/h12,16,18,20-28,34,36-43H,6-11,13-15H2,1-5H3/t16-,18-,20-,21+,22+,23+,24-,25-,26-,27-,28-,30-,31+,32+,33-/m1/s1. The molecule has 4 aliphatic carbocycles. The van der Waals surface area contributed by atoms with Crippen LogP contribution in [-0.4, -0.2) is 124 Å². The van der Waals surface area contributed by atoms with Gasteiger partial charge < -0.3 is 55.4 Å². The van der Waals surface area contributed by atoms with Crippen molar-refractivity contribution in [3.8, 4) is 0 Å². The molecule has 4 fully saturated rings. The average molecular weight is 643 g/mol. The molecule has 0 aromatic rings. The summed E-state index contributed by atoms with van der Waals surface area (Å²) in [6, 6.07) is 0. The van der Waals surface area contributed by atoms with E-state index in [9.17, 15) is 50.8 Å². The van der Waals surface area contributed by atoms with Crippen molar-refractivity contribution >= 4 is 5.78 Å². The fraction of sp³-hybridized carbons (Fsp3) is 0.909. The van der Waals surface area contributed by atoms with Gasteiger partial charge in [-0.1, -0.05) is 13.8 Å². The van der Waals surface area contributed by atoms with E-state index >= 15 is 0 Å². The first-order chi connectivity index (χ1) is 20.7. The number of allylic oxidation sites excluding steroid dienone is 1. The molecule has 0 radical (unpaired) electrons. The Hall–Kier alpha value is -1.03. The molecule has 5 aliphatic rings. The van der Waals surface area contributed by atoms with Gasteiger partial charge in [0.1, 0.15) is 24.4 Å². The van der Waals surface area contributed by atoms with Gasteiger partial charge in [-0.15, -0.1) is 0 Å². The topological polar surface area (TPSA) is 218 Å². The van der Waals surface area contributed by atoms with Gasteiger partial charge in [0.05, 0.1) is 41.7 Å². The van der Waals surface area contributed by atoms with Crippen LogP contribution in [0.5, 0.6) is 0 Å². The number of aliphatic hydroxyl groups is 9. The second-order valence-electron chi connectivity index (χ2n) is 16.0. The molecule has 0 amide bonds. The zero-order chi connectivity index (χ0) is 33.5. The van der Waals surface area contributed by atoms with Gasteiger partial charge in [0.15, 0.2) is 12.1 Å². The molecule has 0 spiro atoms. The van der Waals surface area contributed by atoms with Crippen molar-refractivity contribution in [2.24, 2.45) is 28.6 Å². The molecule has 0 bridgehead atoms. The van der Waals surface area contributed by atoms with Crippen LogP contribution in [0.4, 0.5) is 0 Å². The van der Waals surface area contributed by atoms with Crippen LogP contribution in [-0.2, 0) is 14.3 Å². The van der Waals surface area contributed by atoms with Crippen molar-refractivity contribution in [2.45, 2.75) is 152 Å². The quantitative estimate of drug-likeness (QED) is 0.166. The SMILES string of the molecule is CC(C)(CC[C@@H](O)[C@@](C)(O)[C@H]1CC[C@@]2(O)C3=CC(=O)[C@H]4C[C@@H](O)[C@@H](O)C[C@]4(C)[C@@H]3CC[C@@]12C)O[C@H]1O[C@@H](CO)[C@@H](O)[C@@H](O)[C@H]1O. The summed E-state index contributed by atoms with van der Waals surface area (Å²) >= 11 is 0. The Morgan fingerprint density at radius 1 is 1.00 bits per heavy atom. The van der Waals surface area contributed by atoms with E-state index in [1.54, 1.807) is 26.8 Å². The Labute approximate surface area is 264 Å². The number of ether oxygens (including phenoxy) is 2. The second-order valence-corrected chi connectivity index (χ2v) is 16.0. The number of rotatable bonds is 8. The molecule has 0 aromatic heterocycles. The van der Waals surface area contributed by atoms with Crippen molar-refractivity contribution in [1.82, 2.24) is 0 Å². The van der Waals surface area contributed by atoms with Crippen LogP contribution in [0.3, 0.4) is 0 Å². The first kappa shape index (κ1) is 35.3. The monoisotopic (exact) mass is 642 g/mol. The lowest BCUT2D eigenvalue weighted by molar-refractivity contribution is -0.324. The van der Waals surface area contributed by atoms with E-state index in [2.05, 4.69) is 0 Å². The molecule has 258 valence electrons. The number of ketones is 1. The largest absolute Gasteiger partial charge is 0.394 e. The molecule has 15 atom stereocenters. The molecule has 0 aromatic carbocycles. The lowest BCUT2D eigenvalue weighted by Gasteiger charge is -2.60. The van der Waals surface area contributed by atoms with Gasteiger partial charge in [-0.25, -0.2) is 0 Å². The maximum absolute atomic E-state index is 13.4. The van der Waals surface area contributed by atoms with Crippen LogP contribution in [0.2, 0.25) is 0 Å². The molecule has 3 saturated carbocycles. The maximum Gasteiger partial charge on any atom is 0.187 e. The maximum atomic E-state index is 13.4. The number of carbonyl (C=O) groups excluding carboxylic acids is 1. The van der Waals surface area contributed by atoms with Crippen molar-refractivity contribution in [3.63, 3.8) is 0 Å². The highest BCUT2D eigenvalue weighted by Gasteiger charge is 2.69. The molecule has 9 N–H and O–H groups in total. The van der Waals surface area contributed by atoms with Crippen LogP contribution in [0, 0.1) is 28.6 Å². The number of hydrogen-bond acceptors (Lipinski definition) is 12. The van der Waals surface area contributed by atoms with Crippen LogP contribution < -0.4 is 0 Å². The van der Waals surface area contributed by atoms with Crippen molar-refractivity contribution in [2.75, 3.05) is 6.61 Å². The van der Waals surface area contributed by atoms with E-state index in [1.165, 1.54) is 0 Å². The number of carbonyl (C=O) groups is 1. The van der Waals surface area contributed by atoms with Crippen LogP contribution in [0.15, 0.2) is 11.6 Å². The molecule has 1 saturated heterocycles. The third-order valence-corrected chi connectivity index (χ3v) is 12.8. The predicted octanol–water partition coefficient (Wildman–Crippen LogP) is -0.322. The smallest absolute Gasteiger partial charge is 0.187 e. The molecule has 0 unspecified atom stereocenters. The van der Waals surface area contributed by atoms with E-state index in [4.69, 9.17) is 9.47 Å². The minimum Gasteiger partial charge on any atom is -0.394 e. The van der Waals surface area contributed by atoms with Crippen molar-refractivity contribution in [3.05, 3.63) is 11.6 Å². The van der Waals surface area contributed by atoms with Gasteiger partial charge in [-0.3, -0.25) is 4.79 Å². The average Bonchev–Trinajstić information content (AvgIpc) is 3.25. The minimum atomic E-state index is -1.62. The first-order valence-electron chi connectivity index (χ1n) is 16.5. The highest BCUT2D eigenvalue weighted by atomic mass is 16.7. The summed E-state index contributed by atoms with van der Waals surface area (Å²) in [7, 11) is 0. The summed E-state index contributed by atoms with van der Waals surface area (Å²) in [5, 5.41) is 96.7. The second kappa shape index (κ2) is 11.8. The molecule has 12 nitrogen and oxygen atoms in total. The van der Waals surface area contributed by atoms with Gasteiger partial charge >= 0.3 is 0 Å². The third-order valence-electron chi connectivity index (χ3n) is 12.8. The summed E-state index contributed by atoms with van der Waals surface area (Å²) < 4.78 is 11.4. The predicted molar refractivity (Wildman–Crippen MR) is 159 cm³/mol. The summed E-state index contributed by atoms with van der Waals surface area (Å²) in [4.78, 5) is 13.4. The van der Waals surface area contributed by atoms with Crippen LogP contribution >= 0.6 is 0 Å². The van der Waals surface area contributed by atoms with E-state index in [-0.39, 0.29) is 37.4 Å². The molecule has 12 heteroatoms. The van der Waals surface area contributed by atoms with Gasteiger partial charge in [-0.2, -0.15) is 0 Å². The van der Waals surface area contributed by atoms with E-state index < -0.39 is 95.1 Å². The number of fused-ring (bicyclic) bond motifs is 5. The molecule has 1 aliphatic heterocycles. The van der Waals surface area contributed by atoms with Gasteiger partial charge in [0.2, 0.25) is 0 Å². The van der Waals surface area contributed by atoms with Crippen LogP contribution in [0.25, 0.3) is 0 Å². The van der Waals surface area contributed by atoms with Crippen LogP contribution in [0.1, 0.15) is 86.0 Å². The van der Waals surface area contributed by atoms with E-state index in [1.807, 2.05) is 13.8 Å². The Bertz CT molecular complexity index is 1150. The minimum absolute atomic E-state index is 0.0895. The number of aliphatic hydroxyl groups excluding tert-OH is 7. The zero-order valence-corrected chi connectivity index (χ0v) is 27.0. The molecule has 5 rings (SSSR count). The molecule has 45 heavy (non-hydrogen) atoms. The third kappa shape index (κ3) is 5.55. The molecular formula is C33H54O12. The summed E-state index contributed by atoms with van der Waals surface area (Å²) in [5.41, 5.74) is -4.84. The highest BCUT2D eigenvalue weighted by Crippen LogP contribution is 2.68. The summed E-state index contributed by atoms with van der Waals surface area (Å²) in [6.45, 7) is 8.30. The molecule has 1 heterocycles. The lowest BCUT2D eigenvalue weighted by atomic mass is 9.45. The number of hydrogen-bond donors (Lipinski definition) is 9. The fourth-order valence-electron chi connectivity index (χ4n) is 9.85.